The van der Waals surface area contributed by atoms with Crippen LogP contribution in [0.3, 0.4) is 0 Å². The molecule has 0 spiro atoms. The third-order valence-electron chi connectivity index (χ3n) is 5.86. The molecule has 0 saturated heterocycles. The van der Waals surface area contributed by atoms with E-state index in [2.05, 4.69) is 30.8 Å². The Morgan fingerprint density at radius 1 is 1.25 bits per heavy atom. The summed E-state index contributed by atoms with van der Waals surface area (Å²) in [6, 6.07) is 4.37. The monoisotopic (exact) mass is 556 g/mol. The quantitative estimate of drug-likeness (QED) is 0.427. The summed E-state index contributed by atoms with van der Waals surface area (Å²) in [5, 5.41) is 15.1. The van der Waals surface area contributed by atoms with E-state index in [1.54, 1.807) is 30.0 Å². The number of carbonyl (C=O) groups is 1. The van der Waals surface area contributed by atoms with Crippen molar-refractivity contribution in [2.45, 2.75) is 60.9 Å². The number of sulfonamides is 1. The summed E-state index contributed by atoms with van der Waals surface area (Å²) >= 11 is 5.89. The van der Waals surface area contributed by atoms with Crippen molar-refractivity contribution in [2.75, 3.05) is 29.4 Å². The number of aliphatic hydroxyl groups excluding tert-OH is 1. The average Bonchev–Trinajstić information content (AvgIpc) is 2.95. The highest BCUT2D eigenvalue weighted by atomic mass is 32.4. The van der Waals surface area contributed by atoms with Gasteiger partial charge in [0.15, 0.2) is 0 Å². The number of nitrogens with one attached hydrogen (secondary N) is 2. The normalized spacial score (nSPS) is 22.9. The van der Waals surface area contributed by atoms with Gasteiger partial charge in [-0.15, -0.1) is 0 Å². The number of fused-ring (bicyclic) bond motifs is 1. The van der Waals surface area contributed by atoms with Gasteiger partial charge in [0, 0.05) is 12.2 Å². The van der Waals surface area contributed by atoms with E-state index in [-0.39, 0.29) is 35.1 Å². The maximum Gasteiger partial charge on any atom is 0.261 e. The Balaban J connectivity index is 2.10. The van der Waals surface area contributed by atoms with Gasteiger partial charge in [-0.05, 0) is 54.2 Å². The molecule has 36 heavy (non-hydrogen) atoms. The Morgan fingerprint density at radius 3 is 2.42 bits per heavy atom. The van der Waals surface area contributed by atoms with Gasteiger partial charge < -0.3 is 19.8 Å². The molecule has 2 heterocycles. The van der Waals surface area contributed by atoms with E-state index < -0.39 is 27.9 Å². The number of carbonyl (C=O) groups excluding carboxylic acids is 1. The van der Waals surface area contributed by atoms with Crippen molar-refractivity contribution in [3.63, 3.8) is 0 Å². The molecule has 2 aliphatic heterocycles. The average molecular weight is 557 g/mol. The van der Waals surface area contributed by atoms with Gasteiger partial charge in [0.1, 0.15) is 17.2 Å². The molecular weight excluding hydrogens is 519 g/mol. The van der Waals surface area contributed by atoms with Crippen LogP contribution in [-0.4, -0.2) is 55.6 Å². The molecule has 0 bridgehead atoms. The van der Waals surface area contributed by atoms with Crippen LogP contribution in [0.15, 0.2) is 34.3 Å². The number of amides is 1. The van der Waals surface area contributed by atoms with Crippen LogP contribution in [0.1, 0.15) is 54.9 Å². The number of aliphatic hydroxyl groups is 1. The molecule has 3 rings (SSSR count). The first-order valence-electron chi connectivity index (χ1n) is 11.8. The second-order valence-corrected chi connectivity index (χ2v) is 16.7. The van der Waals surface area contributed by atoms with E-state index in [9.17, 15) is 18.3 Å². The molecule has 0 radical (unpaired) electrons. The summed E-state index contributed by atoms with van der Waals surface area (Å²) in [5.41, 5.74) is 0.588. The first-order valence-corrected chi connectivity index (χ1v) is 16.4. The molecule has 0 fully saturated rings. The van der Waals surface area contributed by atoms with Crippen molar-refractivity contribution in [1.29, 1.82) is 0 Å². The fraction of sp³-hybridized carbons (Fsp3) is 0.583. The van der Waals surface area contributed by atoms with Crippen molar-refractivity contribution in [2.24, 2.45) is 15.6 Å². The van der Waals surface area contributed by atoms with Gasteiger partial charge in [-0.2, -0.15) is 0 Å². The van der Waals surface area contributed by atoms with Crippen LogP contribution < -0.4 is 15.3 Å². The molecule has 9 nitrogen and oxygen atoms in total. The van der Waals surface area contributed by atoms with Gasteiger partial charge in [-0.1, -0.05) is 41.5 Å². The highest BCUT2D eigenvalue weighted by molar-refractivity contribution is 8.15. The molecule has 0 saturated carbocycles. The maximum absolute atomic E-state index is 13.7. The molecule has 0 aromatic heterocycles. The van der Waals surface area contributed by atoms with Crippen molar-refractivity contribution >= 4 is 56.7 Å². The van der Waals surface area contributed by atoms with E-state index in [1.165, 1.54) is 0 Å². The smallest absolute Gasteiger partial charge is 0.261 e. The summed E-state index contributed by atoms with van der Waals surface area (Å²) < 4.78 is 36.6. The van der Waals surface area contributed by atoms with Gasteiger partial charge in [0.05, 0.1) is 29.9 Å². The Hall–Kier alpha value is -1.94. The summed E-state index contributed by atoms with van der Waals surface area (Å²) in [5.74, 6) is -0.164. The number of anilines is 2. The maximum atomic E-state index is 13.7. The zero-order valence-electron chi connectivity index (χ0n) is 22.2. The SMILES string of the molecule is CCOP1(=S)N=C(C2=C(O)C(C(C)(C)C)N(CCC(C)(C)C)C2=O)Nc2ccc(NS(C)(=O)=O)cc21. The second-order valence-electron chi connectivity index (χ2n) is 11.5. The zero-order chi connectivity index (χ0) is 27.3. The van der Waals surface area contributed by atoms with Gasteiger partial charge in [-0.25, -0.2) is 13.2 Å². The Kier molecular flexibility index (Phi) is 7.75. The molecule has 2 atom stereocenters. The summed E-state index contributed by atoms with van der Waals surface area (Å²) in [6.07, 6.45) is -1.24. The summed E-state index contributed by atoms with van der Waals surface area (Å²) in [4.78, 5) is 15.5. The minimum absolute atomic E-state index is 0.00855. The predicted molar refractivity (Wildman–Crippen MR) is 150 cm³/mol. The number of hydrogen-bond donors (Lipinski definition) is 3. The standard InChI is InChI=1S/C24H37N4O5PS2/c1-9-33-34(35)17-14-15(27-36(8,31)32)10-11-16(17)25-21(26-34)18-19(29)20(24(5,6)7)28(22(18)30)13-12-23(2,3)4/h10-11,14,20,27,29H,9,12-13H2,1-8H3,(H,25,26,35). The van der Waals surface area contributed by atoms with E-state index in [1.807, 2.05) is 20.8 Å². The van der Waals surface area contributed by atoms with Crippen LogP contribution in [0.25, 0.3) is 0 Å². The predicted octanol–water partition coefficient (Wildman–Crippen LogP) is 4.36. The number of rotatable bonds is 7. The van der Waals surface area contributed by atoms with Crippen molar-refractivity contribution in [3.05, 3.63) is 29.5 Å². The highest BCUT2D eigenvalue weighted by Gasteiger charge is 2.48. The molecule has 1 aromatic rings. The Morgan fingerprint density at radius 2 is 1.89 bits per heavy atom. The number of amidine groups is 1. The topological polar surface area (TPSA) is 120 Å². The van der Waals surface area contributed by atoms with Crippen LogP contribution in [0.5, 0.6) is 0 Å². The Bertz CT molecular complexity index is 1280. The molecule has 12 heteroatoms. The fourth-order valence-electron chi connectivity index (χ4n) is 4.31. The minimum Gasteiger partial charge on any atom is -0.509 e. The summed E-state index contributed by atoms with van der Waals surface area (Å²) in [7, 11) is -3.49. The molecular formula is C24H37N4O5PS2. The van der Waals surface area contributed by atoms with E-state index >= 15 is 0 Å². The number of benzene rings is 1. The Labute approximate surface area is 219 Å². The molecule has 2 unspecified atom stereocenters. The lowest BCUT2D eigenvalue weighted by Crippen LogP contribution is -2.45. The van der Waals surface area contributed by atoms with Crippen molar-refractivity contribution in [1.82, 2.24) is 4.90 Å². The van der Waals surface area contributed by atoms with E-state index in [0.717, 1.165) is 12.7 Å². The van der Waals surface area contributed by atoms with Crippen LogP contribution in [0, 0.1) is 10.8 Å². The lowest BCUT2D eigenvalue weighted by Gasteiger charge is -2.36. The zero-order valence-corrected chi connectivity index (χ0v) is 24.7. The van der Waals surface area contributed by atoms with Crippen LogP contribution >= 0.6 is 6.42 Å². The fourth-order valence-corrected chi connectivity index (χ4v) is 7.69. The number of hydrogen-bond acceptors (Lipinski definition) is 7. The molecule has 200 valence electrons. The van der Waals surface area contributed by atoms with Gasteiger partial charge in [-0.3, -0.25) is 9.52 Å². The van der Waals surface area contributed by atoms with E-state index in [0.29, 0.717) is 23.2 Å². The second kappa shape index (κ2) is 9.74. The molecule has 2 aliphatic rings. The summed E-state index contributed by atoms with van der Waals surface area (Å²) in [6.45, 7) is 14.9. The van der Waals surface area contributed by atoms with E-state index in [4.69, 9.17) is 21.1 Å². The first kappa shape index (κ1) is 28.6. The lowest BCUT2D eigenvalue weighted by atomic mass is 9.84. The minimum atomic E-state index is -3.49. The van der Waals surface area contributed by atoms with Gasteiger partial charge >= 0.3 is 0 Å². The molecule has 1 amide bonds. The van der Waals surface area contributed by atoms with Crippen molar-refractivity contribution < 1.29 is 22.8 Å². The highest BCUT2D eigenvalue weighted by Crippen LogP contribution is 2.53. The lowest BCUT2D eigenvalue weighted by molar-refractivity contribution is -0.128. The third-order valence-corrected chi connectivity index (χ3v) is 9.66. The largest absolute Gasteiger partial charge is 0.509 e. The third kappa shape index (κ3) is 6.13. The number of nitrogens with zero attached hydrogens (tertiary/aromatic N) is 2. The first-order chi connectivity index (χ1) is 16.4. The van der Waals surface area contributed by atoms with Gasteiger partial charge in [0.2, 0.25) is 16.4 Å². The van der Waals surface area contributed by atoms with Crippen LogP contribution in [-0.2, 0) is 31.1 Å². The molecule has 1 aromatic carbocycles. The van der Waals surface area contributed by atoms with Crippen LogP contribution in [0.2, 0.25) is 0 Å². The van der Waals surface area contributed by atoms with Gasteiger partial charge in [0.25, 0.3) is 5.91 Å². The van der Waals surface area contributed by atoms with Crippen molar-refractivity contribution in [3.8, 4) is 0 Å². The molecule has 0 aliphatic carbocycles. The van der Waals surface area contributed by atoms with Crippen LogP contribution in [0.4, 0.5) is 11.4 Å². The molecule has 3 N–H and O–H groups in total.